The maximum Gasteiger partial charge on any atom is 0.0823 e. The summed E-state index contributed by atoms with van der Waals surface area (Å²) in [5.41, 5.74) is 0.919. The van der Waals surface area contributed by atoms with E-state index in [0.717, 1.165) is 31.4 Å². The molecule has 4 nitrogen and oxygen atoms in total. The Morgan fingerprint density at radius 3 is 2.94 bits per heavy atom. The van der Waals surface area contributed by atoms with Crippen molar-refractivity contribution in [3.63, 3.8) is 0 Å². The van der Waals surface area contributed by atoms with E-state index in [2.05, 4.69) is 5.10 Å². The third-order valence-corrected chi connectivity index (χ3v) is 3.26. The molecule has 1 N–H and O–H groups in total. The summed E-state index contributed by atoms with van der Waals surface area (Å²) in [4.78, 5) is 0. The van der Waals surface area contributed by atoms with E-state index in [1.807, 2.05) is 20.2 Å². The highest BCUT2D eigenvalue weighted by Gasteiger charge is 2.31. The lowest BCUT2D eigenvalue weighted by Crippen LogP contribution is -2.32. The van der Waals surface area contributed by atoms with Crippen LogP contribution < -0.4 is 0 Å². The van der Waals surface area contributed by atoms with E-state index in [0.29, 0.717) is 12.0 Å². The smallest absolute Gasteiger partial charge is 0.0823 e. The average Bonchev–Trinajstić information content (AvgIpc) is 2.61. The molecule has 16 heavy (non-hydrogen) atoms. The molecule has 1 unspecified atom stereocenters. The zero-order valence-electron chi connectivity index (χ0n) is 9.97. The maximum atomic E-state index is 9.99. The van der Waals surface area contributed by atoms with Crippen molar-refractivity contribution in [3.05, 3.63) is 18.0 Å². The Morgan fingerprint density at radius 1 is 1.62 bits per heavy atom. The van der Waals surface area contributed by atoms with Crippen LogP contribution in [0, 0.1) is 5.92 Å². The average molecular weight is 224 g/mol. The topological polar surface area (TPSA) is 47.3 Å². The first-order chi connectivity index (χ1) is 7.69. The summed E-state index contributed by atoms with van der Waals surface area (Å²) >= 11 is 0. The number of aliphatic hydroxyl groups excluding tert-OH is 1. The molecule has 0 amide bonds. The molecule has 0 radical (unpaired) electrons. The van der Waals surface area contributed by atoms with Crippen LogP contribution in [0.2, 0.25) is 0 Å². The van der Waals surface area contributed by atoms with Gasteiger partial charge in [0.25, 0.3) is 0 Å². The van der Waals surface area contributed by atoms with E-state index in [-0.39, 0.29) is 6.10 Å². The van der Waals surface area contributed by atoms with Crippen molar-refractivity contribution in [3.8, 4) is 0 Å². The summed E-state index contributed by atoms with van der Waals surface area (Å²) in [6.45, 7) is 2.82. The third kappa shape index (κ3) is 2.62. The maximum absolute atomic E-state index is 9.99. The van der Waals surface area contributed by atoms with E-state index in [1.165, 1.54) is 0 Å². The quantitative estimate of drug-likeness (QED) is 0.827. The molecule has 1 aromatic heterocycles. The third-order valence-electron chi connectivity index (χ3n) is 3.26. The lowest BCUT2D eigenvalue weighted by atomic mass is 9.78. The highest BCUT2D eigenvalue weighted by Crippen LogP contribution is 2.36. The second-order valence-electron chi connectivity index (χ2n) is 4.61. The minimum atomic E-state index is -0.374. The van der Waals surface area contributed by atoms with Crippen LogP contribution in [0.5, 0.6) is 0 Å². The molecular formula is C12H20N2O2. The van der Waals surface area contributed by atoms with Crippen molar-refractivity contribution in [2.24, 2.45) is 13.0 Å². The van der Waals surface area contributed by atoms with Crippen LogP contribution in [0.1, 0.15) is 37.9 Å². The molecule has 4 heteroatoms. The number of hydrogen-bond acceptors (Lipinski definition) is 3. The summed E-state index contributed by atoms with van der Waals surface area (Å²) in [6.07, 6.45) is 6.68. The fraction of sp³-hybridized carbons (Fsp3) is 0.750. The zero-order valence-corrected chi connectivity index (χ0v) is 9.97. The minimum absolute atomic E-state index is 0.374. The van der Waals surface area contributed by atoms with Crippen molar-refractivity contribution >= 4 is 0 Å². The normalized spacial score (nSPS) is 26.4. The molecule has 1 saturated carbocycles. The molecule has 0 aromatic carbocycles. The molecule has 1 aliphatic rings. The molecular weight excluding hydrogens is 204 g/mol. The van der Waals surface area contributed by atoms with Crippen molar-refractivity contribution in [1.82, 2.24) is 9.78 Å². The van der Waals surface area contributed by atoms with E-state index >= 15 is 0 Å². The Balaban J connectivity index is 1.75. The molecule has 0 bridgehead atoms. The van der Waals surface area contributed by atoms with E-state index in [9.17, 15) is 5.11 Å². The van der Waals surface area contributed by atoms with Gasteiger partial charge in [0, 0.05) is 25.4 Å². The van der Waals surface area contributed by atoms with Crippen LogP contribution in [0.15, 0.2) is 12.4 Å². The Morgan fingerprint density at radius 2 is 2.38 bits per heavy atom. The summed E-state index contributed by atoms with van der Waals surface area (Å²) in [7, 11) is 1.87. The van der Waals surface area contributed by atoms with E-state index < -0.39 is 0 Å². The first-order valence-corrected chi connectivity index (χ1v) is 5.97. The van der Waals surface area contributed by atoms with Crippen LogP contribution in [-0.2, 0) is 11.8 Å². The highest BCUT2D eigenvalue weighted by molar-refractivity contribution is 5.08. The summed E-state index contributed by atoms with van der Waals surface area (Å²) < 4.78 is 7.23. The van der Waals surface area contributed by atoms with Gasteiger partial charge in [-0.05, 0) is 32.1 Å². The number of ether oxygens (including phenoxy) is 1. The molecule has 1 aliphatic carbocycles. The second-order valence-corrected chi connectivity index (χ2v) is 4.61. The lowest BCUT2D eigenvalue weighted by Gasteiger charge is -2.35. The number of rotatable bonds is 5. The van der Waals surface area contributed by atoms with Crippen LogP contribution in [0.25, 0.3) is 0 Å². The molecule has 0 aliphatic heterocycles. The zero-order chi connectivity index (χ0) is 11.5. The van der Waals surface area contributed by atoms with Gasteiger partial charge in [-0.25, -0.2) is 0 Å². The SMILES string of the molecule is CCOC1CC(CC(O)c2cnn(C)c2)C1. The van der Waals surface area contributed by atoms with Gasteiger partial charge in [-0.3, -0.25) is 4.68 Å². The van der Waals surface area contributed by atoms with Crippen molar-refractivity contribution in [2.75, 3.05) is 6.61 Å². The Hall–Kier alpha value is -0.870. The molecule has 0 spiro atoms. The predicted molar refractivity (Wildman–Crippen MR) is 60.9 cm³/mol. The largest absolute Gasteiger partial charge is 0.388 e. The molecule has 1 aromatic rings. The molecule has 1 fully saturated rings. The molecule has 0 saturated heterocycles. The Labute approximate surface area is 96.2 Å². The molecule has 90 valence electrons. The van der Waals surface area contributed by atoms with Gasteiger partial charge in [0.05, 0.1) is 18.4 Å². The number of aryl methyl sites for hydroxylation is 1. The van der Waals surface area contributed by atoms with Crippen LogP contribution >= 0.6 is 0 Å². The second kappa shape index (κ2) is 4.97. The van der Waals surface area contributed by atoms with Gasteiger partial charge in [-0.15, -0.1) is 0 Å². The molecule has 1 atom stereocenters. The predicted octanol–water partition coefficient (Wildman–Crippen LogP) is 1.66. The number of aliphatic hydroxyl groups is 1. The standard InChI is InChI=1S/C12H20N2O2/c1-3-16-11-4-9(5-11)6-12(15)10-7-13-14(2)8-10/h7-9,11-12,15H,3-6H2,1-2H3. The van der Waals surface area contributed by atoms with Gasteiger partial charge in [0.15, 0.2) is 0 Å². The van der Waals surface area contributed by atoms with Crippen LogP contribution in [-0.4, -0.2) is 27.6 Å². The van der Waals surface area contributed by atoms with E-state index in [1.54, 1.807) is 10.9 Å². The van der Waals surface area contributed by atoms with Crippen LogP contribution in [0.4, 0.5) is 0 Å². The first kappa shape index (κ1) is 11.6. The summed E-state index contributed by atoms with van der Waals surface area (Å²) in [5.74, 6) is 0.603. The van der Waals surface area contributed by atoms with Gasteiger partial charge in [0.2, 0.25) is 0 Å². The summed E-state index contributed by atoms with van der Waals surface area (Å²) in [5, 5.41) is 14.1. The fourth-order valence-corrected chi connectivity index (χ4v) is 2.30. The number of nitrogens with zero attached hydrogens (tertiary/aromatic N) is 2. The van der Waals surface area contributed by atoms with Crippen molar-refractivity contribution in [2.45, 2.75) is 38.4 Å². The van der Waals surface area contributed by atoms with Crippen molar-refractivity contribution < 1.29 is 9.84 Å². The van der Waals surface area contributed by atoms with Crippen molar-refractivity contribution in [1.29, 1.82) is 0 Å². The lowest BCUT2D eigenvalue weighted by molar-refractivity contribution is -0.0380. The van der Waals surface area contributed by atoms with Crippen LogP contribution in [0.3, 0.4) is 0 Å². The van der Waals surface area contributed by atoms with Gasteiger partial charge in [0.1, 0.15) is 0 Å². The highest BCUT2D eigenvalue weighted by atomic mass is 16.5. The molecule has 1 heterocycles. The minimum Gasteiger partial charge on any atom is -0.388 e. The number of hydrogen-bond donors (Lipinski definition) is 1. The van der Waals surface area contributed by atoms with E-state index in [4.69, 9.17) is 4.74 Å². The van der Waals surface area contributed by atoms with Gasteiger partial charge in [-0.2, -0.15) is 5.10 Å². The fourth-order valence-electron chi connectivity index (χ4n) is 2.30. The molecule has 2 rings (SSSR count). The monoisotopic (exact) mass is 224 g/mol. The van der Waals surface area contributed by atoms with Gasteiger partial charge in [-0.1, -0.05) is 0 Å². The first-order valence-electron chi connectivity index (χ1n) is 5.97. The van der Waals surface area contributed by atoms with Gasteiger partial charge >= 0.3 is 0 Å². The number of aromatic nitrogens is 2. The van der Waals surface area contributed by atoms with Gasteiger partial charge < -0.3 is 9.84 Å². The Bertz CT molecular complexity index is 332. The summed E-state index contributed by atoms with van der Waals surface area (Å²) in [6, 6.07) is 0. The Kier molecular flexibility index (Phi) is 3.61.